The van der Waals surface area contributed by atoms with Crippen molar-refractivity contribution >= 4 is 16.9 Å². The number of rotatable bonds is 1. The Morgan fingerprint density at radius 3 is 2.67 bits per heavy atom. The molecular weight excluding hydrogens is 270 g/mol. The first-order valence-electron chi connectivity index (χ1n) is 7.01. The molecule has 0 bridgehead atoms. The molecule has 0 saturated carbocycles. The highest BCUT2D eigenvalue weighted by molar-refractivity contribution is 5.96. The van der Waals surface area contributed by atoms with Crippen molar-refractivity contribution in [2.45, 2.75) is 25.4 Å². The van der Waals surface area contributed by atoms with Gasteiger partial charge < -0.3 is 14.4 Å². The summed E-state index contributed by atoms with van der Waals surface area (Å²) in [5.41, 5.74) is -0.822. The third-order valence-corrected chi connectivity index (χ3v) is 4.00. The number of amides is 1. The average molecular weight is 287 g/mol. The molecule has 1 aromatic carbocycles. The fourth-order valence-electron chi connectivity index (χ4n) is 2.57. The maximum Gasteiger partial charge on any atom is 0.349 e. The van der Waals surface area contributed by atoms with E-state index in [1.165, 1.54) is 0 Å². The quantitative estimate of drug-likeness (QED) is 0.812. The van der Waals surface area contributed by atoms with Gasteiger partial charge in [-0.25, -0.2) is 4.79 Å². The molecule has 0 radical (unpaired) electrons. The standard InChI is InChI=1S/C16H17NO4/c1-16(20)6-8-17(9-7-16)14(18)12-10-11-4-2-3-5-13(11)21-15(12)19/h2-5,10,20H,6-9H2,1H3. The largest absolute Gasteiger partial charge is 0.422 e. The topological polar surface area (TPSA) is 70.8 Å². The summed E-state index contributed by atoms with van der Waals surface area (Å²) in [6.07, 6.45) is 1.02. The molecule has 1 fully saturated rings. The van der Waals surface area contributed by atoms with Gasteiger partial charge in [0.25, 0.3) is 5.91 Å². The highest BCUT2D eigenvalue weighted by Gasteiger charge is 2.31. The molecule has 1 aliphatic rings. The summed E-state index contributed by atoms with van der Waals surface area (Å²) in [5, 5.41) is 10.6. The minimum absolute atomic E-state index is 0.0512. The Balaban J connectivity index is 1.91. The van der Waals surface area contributed by atoms with Crippen molar-refractivity contribution in [2.75, 3.05) is 13.1 Å². The molecule has 1 aromatic heterocycles. The Bertz CT molecular complexity index is 737. The van der Waals surface area contributed by atoms with Crippen molar-refractivity contribution in [3.8, 4) is 0 Å². The Morgan fingerprint density at radius 1 is 1.29 bits per heavy atom. The van der Waals surface area contributed by atoms with Crippen molar-refractivity contribution in [3.63, 3.8) is 0 Å². The average Bonchev–Trinajstić information content (AvgIpc) is 2.46. The molecule has 0 unspecified atom stereocenters. The highest BCUT2D eigenvalue weighted by atomic mass is 16.4. The van der Waals surface area contributed by atoms with Gasteiger partial charge in [-0.3, -0.25) is 4.79 Å². The number of benzene rings is 1. The zero-order valence-electron chi connectivity index (χ0n) is 11.8. The van der Waals surface area contributed by atoms with Gasteiger partial charge in [-0.15, -0.1) is 0 Å². The number of likely N-dealkylation sites (tertiary alicyclic amines) is 1. The summed E-state index contributed by atoms with van der Waals surface area (Å²) >= 11 is 0. The summed E-state index contributed by atoms with van der Waals surface area (Å²) < 4.78 is 5.19. The zero-order valence-corrected chi connectivity index (χ0v) is 11.8. The van der Waals surface area contributed by atoms with Crippen LogP contribution in [0.15, 0.2) is 39.5 Å². The van der Waals surface area contributed by atoms with E-state index in [1.807, 2.05) is 6.07 Å². The molecule has 5 heteroatoms. The summed E-state index contributed by atoms with van der Waals surface area (Å²) in [6, 6.07) is 8.68. The van der Waals surface area contributed by atoms with E-state index < -0.39 is 11.2 Å². The molecular formula is C16H17NO4. The van der Waals surface area contributed by atoms with E-state index in [0.717, 1.165) is 5.39 Å². The molecule has 110 valence electrons. The molecule has 2 heterocycles. The second-order valence-corrected chi connectivity index (χ2v) is 5.77. The van der Waals surface area contributed by atoms with Crippen LogP contribution >= 0.6 is 0 Å². The molecule has 3 rings (SSSR count). The van der Waals surface area contributed by atoms with E-state index in [9.17, 15) is 14.7 Å². The van der Waals surface area contributed by atoms with E-state index in [-0.39, 0.29) is 11.5 Å². The van der Waals surface area contributed by atoms with E-state index in [2.05, 4.69) is 0 Å². The first-order valence-corrected chi connectivity index (χ1v) is 7.01. The fraction of sp³-hybridized carbons (Fsp3) is 0.375. The van der Waals surface area contributed by atoms with Crippen LogP contribution in [0, 0.1) is 0 Å². The number of piperidine rings is 1. The van der Waals surface area contributed by atoms with Gasteiger partial charge in [-0.2, -0.15) is 0 Å². The van der Waals surface area contributed by atoms with E-state index in [0.29, 0.717) is 31.5 Å². The summed E-state index contributed by atoms with van der Waals surface area (Å²) in [4.78, 5) is 26.0. The molecule has 5 nitrogen and oxygen atoms in total. The molecule has 0 atom stereocenters. The Morgan fingerprint density at radius 2 is 1.95 bits per heavy atom. The molecule has 1 aliphatic heterocycles. The third kappa shape index (κ3) is 2.69. The number of carbonyl (C=O) groups excluding carboxylic acids is 1. The summed E-state index contributed by atoms with van der Waals surface area (Å²) in [6.45, 7) is 2.65. The van der Waals surface area contributed by atoms with Crippen molar-refractivity contribution in [1.82, 2.24) is 4.90 Å². The predicted molar refractivity (Wildman–Crippen MR) is 78.2 cm³/mol. The number of carbonyl (C=O) groups is 1. The van der Waals surface area contributed by atoms with Crippen LogP contribution in [0.2, 0.25) is 0 Å². The molecule has 1 saturated heterocycles. The lowest BCUT2D eigenvalue weighted by Crippen LogP contribution is -2.46. The number of para-hydroxylation sites is 1. The van der Waals surface area contributed by atoms with Gasteiger partial charge in [-0.05, 0) is 31.9 Å². The lowest BCUT2D eigenvalue weighted by atomic mass is 9.93. The maximum absolute atomic E-state index is 12.5. The number of hydrogen-bond donors (Lipinski definition) is 1. The van der Waals surface area contributed by atoms with Crippen LogP contribution in [-0.4, -0.2) is 34.6 Å². The minimum atomic E-state index is -0.731. The van der Waals surface area contributed by atoms with Crippen LogP contribution in [0.4, 0.5) is 0 Å². The molecule has 21 heavy (non-hydrogen) atoms. The van der Waals surface area contributed by atoms with Crippen molar-refractivity contribution in [1.29, 1.82) is 0 Å². The minimum Gasteiger partial charge on any atom is -0.422 e. The number of aliphatic hydroxyl groups is 1. The second kappa shape index (κ2) is 5.00. The monoisotopic (exact) mass is 287 g/mol. The fourth-order valence-corrected chi connectivity index (χ4v) is 2.57. The van der Waals surface area contributed by atoms with Gasteiger partial charge in [0.15, 0.2) is 0 Å². The van der Waals surface area contributed by atoms with Gasteiger partial charge in [0.1, 0.15) is 11.1 Å². The van der Waals surface area contributed by atoms with Crippen LogP contribution in [-0.2, 0) is 0 Å². The van der Waals surface area contributed by atoms with Gasteiger partial charge >= 0.3 is 5.63 Å². The number of fused-ring (bicyclic) bond motifs is 1. The smallest absolute Gasteiger partial charge is 0.349 e. The third-order valence-electron chi connectivity index (χ3n) is 4.00. The van der Waals surface area contributed by atoms with Crippen molar-refractivity contribution in [3.05, 3.63) is 46.3 Å². The second-order valence-electron chi connectivity index (χ2n) is 5.77. The first kappa shape index (κ1) is 13.8. The Kier molecular flexibility index (Phi) is 3.29. The summed E-state index contributed by atoms with van der Waals surface area (Å²) in [5.74, 6) is -0.329. The van der Waals surface area contributed by atoms with E-state index in [4.69, 9.17) is 4.42 Å². The molecule has 0 spiro atoms. The lowest BCUT2D eigenvalue weighted by molar-refractivity contribution is -0.00211. The number of nitrogens with zero attached hydrogens (tertiary/aromatic N) is 1. The maximum atomic E-state index is 12.5. The molecule has 2 aromatic rings. The first-order chi connectivity index (χ1) is 9.96. The predicted octanol–water partition coefficient (Wildman–Crippen LogP) is 1.78. The SMILES string of the molecule is CC1(O)CCN(C(=O)c2cc3ccccc3oc2=O)CC1. The van der Waals surface area contributed by atoms with Crippen LogP contribution in [0.1, 0.15) is 30.1 Å². The zero-order chi connectivity index (χ0) is 15.0. The van der Waals surface area contributed by atoms with Crippen molar-refractivity contribution in [2.24, 2.45) is 0 Å². The van der Waals surface area contributed by atoms with Gasteiger partial charge in [0, 0.05) is 18.5 Å². The van der Waals surface area contributed by atoms with Crippen LogP contribution in [0.3, 0.4) is 0 Å². The lowest BCUT2D eigenvalue weighted by Gasteiger charge is -2.35. The number of hydrogen-bond acceptors (Lipinski definition) is 4. The van der Waals surface area contributed by atoms with Crippen LogP contribution in [0.5, 0.6) is 0 Å². The highest BCUT2D eigenvalue weighted by Crippen LogP contribution is 2.22. The van der Waals surface area contributed by atoms with E-state index in [1.54, 1.807) is 36.1 Å². The molecule has 0 aliphatic carbocycles. The van der Waals surface area contributed by atoms with Crippen LogP contribution in [0.25, 0.3) is 11.0 Å². The van der Waals surface area contributed by atoms with Gasteiger partial charge in [-0.1, -0.05) is 18.2 Å². The van der Waals surface area contributed by atoms with Gasteiger partial charge in [0.05, 0.1) is 5.60 Å². The normalized spacial score (nSPS) is 17.9. The Labute approximate surface area is 121 Å². The Hall–Kier alpha value is -2.14. The van der Waals surface area contributed by atoms with Gasteiger partial charge in [0.2, 0.25) is 0 Å². The van der Waals surface area contributed by atoms with Crippen LogP contribution < -0.4 is 5.63 Å². The van der Waals surface area contributed by atoms with E-state index >= 15 is 0 Å². The molecule has 1 amide bonds. The molecule has 1 N–H and O–H groups in total. The van der Waals surface area contributed by atoms with Crippen molar-refractivity contribution < 1.29 is 14.3 Å². The summed E-state index contributed by atoms with van der Waals surface area (Å²) in [7, 11) is 0.